The Balaban J connectivity index is 1.39. The van der Waals surface area contributed by atoms with Crippen LogP contribution in [0, 0.1) is 5.92 Å². The molecule has 0 fully saturated rings. The van der Waals surface area contributed by atoms with Crippen molar-refractivity contribution in [2.45, 2.75) is 25.3 Å². The number of nitrogens with zero attached hydrogens (tertiary/aromatic N) is 1. The van der Waals surface area contributed by atoms with Gasteiger partial charge in [0.15, 0.2) is 0 Å². The smallest absolute Gasteiger partial charge is 0.226 e. The van der Waals surface area contributed by atoms with Crippen molar-refractivity contribution in [3.63, 3.8) is 0 Å². The van der Waals surface area contributed by atoms with Crippen LogP contribution in [0.2, 0.25) is 0 Å². The highest BCUT2D eigenvalue weighted by molar-refractivity contribution is 5.81. The van der Waals surface area contributed by atoms with Crippen molar-refractivity contribution < 1.29 is 4.79 Å². The Morgan fingerprint density at radius 2 is 2.19 bits per heavy atom. The number of amides is 1. The van der Waals surface area contributed by atoms with E-state index in [4.69, 9.17) is 5.73 Å². The summed E-state index contributed by atoms with van der Waals surface area (Å²) in [4.78, 5) is 14.4. The maximum Gasteiger partial charge on any atom is 0.226 e. The van der Waals surface area contributed by atoms with Crippen LogP contribution in [0.5, 0.6) is 0 Å². The van der Waals surface area contributed by atoms with Crippen LogP contribution < -0.4 is 16.0 Å². The molecular formula is C17H23N3O. The standard InChI is InChI=1S/C17H23N3O/c18-15-7-6-14(12-15)17(21)19-9-3-10-20-11-8-13-4-1-2-5-16(13)20/h1-2,4-7,14-15H,3,8-12,18H2,(H,19,21). The van der Waals surface area contributed by atoms with Gasteiger partial charge in [0.1, 0.15) is 0 Å². The highest BCUT2D eigenvalue weighted by atomic mass is 16.1. The third kappa shape index (κ3) is 3.27. The second-order valence-electron chi connectivity index (χ2n) is 5.90. The maximum absolute atomic E-state index is 12.0. The van der Waals surface area contributed by atoms with Crippen LogP contribution in [0.3, 0.4) is 0 Å². The highest BCUT2D eigenvalue weighted by Gasteiger charge is 2.22. The van der Waals surface area contributed by atoms with Gasteiger partial charge in [-0.15, -0.1) is 0 Å². The van der Waals surface area contributed by atoms with Crippen LogP contribution in [0.25, 0.3) is 0 Å². The second kappa shape index (κ2) is 6.31. The van der Waals surface area contributed by atoms with Gasteiger partial charge in [-0.25, -0.2) is 0 Å². The van der Waals surface area contributed by atoms with E-state index in [0.29, 0.717) is 0 Å². The van der Waals surface area contributed by atoms with E-state index in [9.17, 15) is 4.79 Å². The fourth-order valence-electron chi connectivity index (χ4n) is 3.17. The number of nitrogens with two attached hydrogens (primary N) is 1. The molecule has 2 atom stereocenters. The van der Waals surface area contributed by atoms with Crippen molar-refractivity contribution in [2.75, 3.05) is 24.5 Å². The van der Waals surface area contributed by atoms with Crippen LogP contribution in [0.15, 0.2) is 36.4 Å². The highest BCUT2D eigenvalue weighted by Crippen LogP contribution is 2.27. The number of nitrogens with one attached hydrogen (secondary N) is 1. The Bertz CT molecular complexity index is 541. The van der Waals surface area contributed by atoms with Crippen LogP contribution >= 0.6 is 0 Å². The molecule has 0 bridgehead atoms. The summed E-state index contributed by atoms with van der Waals surface area (Å²) in [6.45, 7) is 2.82. The van der Waals surface area contributed by atoms with Gasteiger partial charge in [-0.1, -0.05) is 30.4 Å². The van der Waals surface area contributed by atoms with E-state index in [-0.39, 0.29) is 17.9 Å². The fraction of sp³-hybridized carbons (Fsp3) is 0.471. The number of anilines is 1. The molecule has 3 rings (SSSR count). The van der Waals surface area contributed by atoms with Gasteiger partial charge in [0.05, 0.1) is 5.92 Å². The molecule has 2 aliphatic rings. The molecule has 0 radical (unpaired) electrons. The molecule has 0 spiro atoms. The zero-order valence-corrected chi connectivity index (χ0v) is 12.3. The van der Waals surface area contributed by atoms with E-state index in [1.807, 2.05) is 12.2 Å². The van der Waals surface area contributed by atoms with Gasteiger partial charge in [0, 0.05) is 31.4 Å². The van der Waals surface area contributed by atoms with Gasteiger partial charge in [0.2, 0.25) is 5.91 Å². The number of fused-ring (bicyclic) bond motifs is 1. The summed E-state index contributed by atoms with van der Waals surface area (Å²) >= 11 is 0. The molecule has 1 aliphatic heterocycles. The third-order valence-corrected chi connectivity index (χ3v) is 4.34. The minimum atomic E-state index is -0.0347. The third-order valence-electron chi connectivity index (χ3n) is 4.34. The molecule has 1 amide bonds. The molecule has 2 unspecified atom stereocenters. The number of para-hydroxylation sites is 1. The van der Waals surface area contributed by atoms with Crippen molar-refractivity contribution >= 4 is 11.6 Å². The maximum atomic E-state index is 12.0. The lowest BCUT2D eigenvalue weighted by Gasteiger charge is -2.19. The first-order valence-electron chi connectivity index (χ1n) is 7.78. The quantitative estimate of drug-likeness (QED) is 0.636. The lowest BCUT2D eigenvalue weighted by Crippen LogP contribution is -2.33. The molecule has 21 heavy (non-hydrogen) atoms. The second-order valence-corrected chi connectivity index (χ2v) is 5.90. The minimum Gasteiger partial charge on any atom is -0.371 e. The SMILES string of the molecule is NC1C=CC(C(=O)NCCCN2CCc3ccccc32)C1. The molecule has 0 saturated heterocycles. The molecule has 1 aliphatic carbocycles. The number of rotatable bonds is 5. The van der Waals surface area contributed by atoms with Crippen molar-refractivity contribution in [2.24, 2.45) is 11.7 Å². The zero-order chi connectivity index (χ0) is 14.7. The summed E-state index contributed by atoms with van der Waals surface area (Å²) in [7, 11) is 0. The van der Waals surface area contributed by atoms with Crippen molar-refractivity contribution in [1.29, 1.82) is 0 Å². The van der Waals surface area contributed by atoms with Crippen LogP contribution in [-0.4, -0.2) is 31.6 Å². The Morgan fingerprint density at radius 3 is 3.00 bits per heavy atom. The van der Waals surface area contributed by atoms with Crippen LogP contribution in [0.1, 0.15) is 18.4 Å². The number of hydrogen-bond donors (Lipinski definition) is 2. The van der Waals surface area contributed by atoms with Gasteiger partial charge < -0.3 is 16.0 Å². The molecule has 112 valence electrons. The Kier molecular flexibility index (Phi) is 4.25. The zero-order valence-electron chi connectivity index (χ0n) is 12.3. The number of benzene rings is 1. The summed E-state index contributed by atoms with van der Waals surface area (Å²) in [5, 5.41) is 3.02. The molecule has 4 nitrogen and oxygen atoms in total. The number of carbonyl (C=O) groups excluding carboxylic acids is 1. The topological polar surface area (TPSA) is 58.4 Å². The molecule has 0 aromatic heterocycles. The lowest BCUT2D eigenvalue weighted by atomic mass is 10.1. The summed E-state index contributed by atoms with van der Waals surface area (Å²) < 4.78 is 0. The van der Waals surface area contributed by atoms with Crippen LogP contribution in [0.4, 0.5) is 5.69 Å². The first-order chi connectivity index (χ1) is 10.2. The van der Waals surface area contributed by atoms with Crippen molar-refractivity contribution in [3.8, 4) is 0 Å². The number of hydrogen-bond acceptors (Lipinski definition) is 3. The van der Waals surface area contributed by atoms with Crippen LogP contribution in [-0.2, 0) is 11.2 Å². The predicted molar refractivity (Wildman–Crippen MR) is 85.2 cm³/mol. The molecule has 3 N–H and O–H groups in total. The van der Waals surface area contributed by atoms with Crippen molar-refractivity contribution in [3.05, 3.63) is 42.0 Å². The largest absolute Gasteiger partial charge is 0.371 e. The summed E-state index contributed by atoms with van der Waals surface area (Å²) in [5.74, 6) is 0.0773. The lowest BCUT2D eigenvalue weighted by molar-refractivity contribution is -0.123. The molecule has 1 aromatic carbocycles. The molecule has 1 aromatic rings. The van der Waals surface area contributed by atoms with E-state index in [0.717, 1.165) is 38.9 Å². The molecular weight excluding hydrogens is 262 g/mol. The van der Waals surface area contributed by atoms with E-state index in [1.165, 1.54) is 11.3 Å². The van der Waals surface area contributed by atoms with E-state index in [2.05, 4.69) is 34.5 Å². The molecule has 0 saturated carbocycles. The van der Waals surface area contributed by atoms with Gasteiger partial charge in [-0.3, -0.25) is 4.79 Å². The van der Waals surface area contributed by atoms with E-state index >= 15 is 0 Å². The first-order valence-corrected chi connectivity index (χ1v) is 7.78. The average molecular weight is 285 g/mol. The summed E-state index contributed by atoms with van der Waals surface area (Å²) in [5.41, 5.74) is 8.56. The predicted octanol–water partition coefficient (Wildman–Crippen LogP) is 1.46. The van der Waals surface area contributed by atoms with Gasteiger partial charge >= 0.3 is 0 Å². The minimum absolute atomic E-state index is 0.0347. The van der Waals surface area contributed by atoms with Gasteiger partial charge in [-0.05, 0) is 30.9 Å². The fourth-order valence-corrected chi connectivity index (χ4v) is 3.17. The Hall–Kier alpha value is -1.81. The summed E-state index contributed by atoms with van der Waals surface area (Å²) in [6, 6.07) is 8.62. The Labute approximate surface area is 126 Å². The normalized spacial score (nSPS) is 23.4. The Morgan fingerprint density at radius 1 is 1.33 bits per heavy atom. The number of carbonyl (C=O) groups is 1. The van der Waals surface area contributed by atoms with Crippen molar-refractivity contribution in [1.82, 2.24) is 5.32 Å². The first kappa shape index (κ1) is 14.1. The molecule has 1 heterocycles. The monoisotopic (exact) mass is 285 g/mol. The molecule has 4 heteroatoms. The van der Waals surface area contributed by atoms with Gasteiger partial charge in [0.25, 0.3) is 0 Å². The van der Waals surface area contributed by atoms with E-state index in [1.54, 1.807) is 0 Å². The van der Waals surface area contributed by atoms with Gasteiger partial charge in [-0.2, -0.15) is 0 Å². The van der Waals surface area contributed by atoms with E-state index < -0.39 is 0 Å². The summed E-state index contributed by atoms with van der Waals surface area (Å²) in [6.07, 6.45) is 6.70. The average Bonchev–Trinajstić information content (AvgIpc) is 3.10.